The molecule has 3 nitrogen and oxygen atoms in total. The maximum absolute atomic E-state index is 12.9. The van der Waals surface area contributed by atoms with Crippen LogP contribution in [-0.2, 0) is 15.8 Å². The van der Waals surface area contributed by atoms with E-state index in [1.165, 1.54) is 37.0 Å². The first-order valence-corrected chi connectivity index (χ1v) is 9.07. The monoisotopic (exact) mass is 309 g/mol. The van der Waals surface area contributed by atoms with E-state index in [4.69, 9.17) is 0 Å². The molecular formula is C16H20FNO2S. The van der Waals surface area contributed by atoms with Gasteiger partial charge in [0.2, 0.25) is 10.0 Å². The highest BCUT2D eigenvalue weighted by molar-refractivity contribution is 7.88. The van der Waals surface area contributed by atoms with Crippen LogP contribution in [0.2, 0.25) is 0 Å². The molecule has 1 aliphatic heterocycles. The molecule has 0 aromatic heterocycles. The minimum absolute atomic E-state index is 0.0425. The first-order valence-electron chi connectivity index (χ1n) is 7.47. The second kappa shape index (κ2) is 5.89. The third kappa shape index (κ3) is 3.35. The molecule has 5 heteroatoms. The zero-order valence-electron chi connectivity index (χ0n) is 12.0. The van der Waals surface area contributed by atoms with Gasteiger partial charge in [-0.3, -0.25) is 0 Å². The van der Waals surface area contributed by atoms with Gasteiger partial charge in [-0.1, -0.05) is 23.3 Å². The normalized spacial score (nSPS) is 20.4. The lowest BCUT2D eigenvalue weighted by atomic mass is 9.85. The first-order chi connectivity index (χ1) is 10.0. The van der Waals surface area contributed by atoms with Crippen molar-refractivity contribution in [2.45, 2.75) is 37.9 Å². The summed E-state index contributed by atoms with van der Waals surface area (Å²) in [5.41, 5.74) is 3.68. The highest BCUT2D eigenvalue weighted by Gasteiger charge is 2.27. The molecular weight excluding hydrogens is 289 g/mol. The Bertz CT molecular complexity index is 633. The van der Waals surface area contributed by atoms with Crippen LogP contribution in [-0.4, -0.2) is 25.8 Å². The highest BCUT2D eigenvalue weighted by Crippen LogP contribution is 2.34. The molecule has 3 rings (SSSR count). The fourth-order valence-corrected chi connectivity index (χ4v) is 4.51. The maximum atomic E-state index is 12.9. The van der Waals surface area contributed by atoms with Gasteiger partial charge < -0.3 is 0 Å². The summed E-state index contributed by atoms with van der Waals surface area (Å²) >= 11 is 0. The number of nitrogens with zero attached hydrogens (tertiary/aromatic N) is 1. The third-order valence-electron chi connectivity index (χ3n) is 4.44. The Morgan fingerprint density at radius 2 is 1.52 bits per heavy atom. The van der Waals surface area contributed by atoms with Gasteiger partial charge in [0, 0.05) is 13.1 Å². The molecule has 2 aliphatic rings. The van der Waals surface area contributed by atoms with Gasteiger partial charge in [0.05, 0.1) is 5.75 Å². The van der Waals surface area contributed by atoms with E-state index in [9.17, 15) is 12.8 Å². The van der Waals surface area contributed by atoms with Gasteiger partial charge in [-0.25, -0.2) is 17.1 Å². The summed E-state index contributed by atoms with van der Waals surface area (Å²) in [6.45, 7) is 1.17. The fourth-order valence-electron chi connectivity index (χ4n) is 2.98. The number of hydrogen-bond donors (Lipinski definition) is 0. The third-order valence-corrected chi connectivity index (χ3v) is 6.29. The van der Waals surface area contributed by atoms with Crippen LogP contribution in [0.1, 0.15) is 37.7 Å². The van der Waals surface area contributed by atoms with Crippen LogP contribution in [0, 0.1) is 5.82 Å². The van der Waals surface area contributed by atoms with E-state index in [1.54, 1.807) is 22.0 Å². The Morgan fingerprint density at radius 3 is 2.05 bits per heavy atom. The van der Waals surface area contributed by atoms with Crippen molar-refractivity contribution >= 4 is 10.0 Å². The molecule has 1 saturated carbocycles. The molecule has 0 radical (unpaired) electrons. The predicted octanol–water partition coefficient (Wildman–Crippen LogP) is 3.23. The van der Waals surface area contributed by atoms with Gasteiger partial charge in [0.15, 0.2) is 0 Å². The number of allylic oxidation sites excluding steroid dienone is 1. The van der Waals surface area contributed by atoms with E-state index >= 15 is 0 Å². The summed E-state index contributed by atoms with van der Waals surface area (Å²) in [4.78, 5) is 0. The Kier molecular flexibility index (Phi) is 4.13. The van der Waals surface area contributed by atoms with Crippen LogP contribution in [0.3, 0.4) is 0 Å². The van der Waals surface area contributed by atoms with E-state index in [2.05, 4.69) is 0 Å². The molecule has 0 atom stereocenters. The Hall–Kier alpha value is -1.20. The molecule has 1 saturated heterocycles. The van der Waals surface area contributed by atoms with Crippen molar-refractivity contribution in [1.29, 1.82) is 0 Å². The van der Waals surface area contributed by atoms with Crippen LogP contribution in [0.15, 0.2) is 35.4 Å². The lowest BCUT2D eigenvalue weighted by Crippen LogP contribution is -2.37. The molecule has 1 aliphatic carbocycles. The van der Waals surface area contributed by atoms with Crippen LogP contribution in [0.4, 0.5) is 4.39 Å². The fraction of sp³-hybridized carbons (Fsp3) is 0.500. The Morgan fingerprint density at radius 1 is 0.952 bits per heavy atom. The lowest BCUT2D eigenvalue weighted by molar-refractivity contribution is 0.381. The van der Waals surface area contributed by atoms with E-state index in [0.717, 1.165) is 12.8 Å². The number of benzene rings is 1. The average molecular weight is 309 g/mol. The molecule has 0 N–H and O–H groups in total. The van der Waals surface area contributed by atoms with Crippen molar-refractivity contribution in [2.75, 3.05) is 13.1 Å². The van der Waals surface area contributed by atoms with Gasteiger partial charge in [0.1, 0.15) is 5.82 Å². The van der Waals surface area contributed by atoms with Crippen LogP contribution in [0.5, 0.6) is 0 Å². The molecule has 1 heterocycles. The first kappa shape index (κ1) is 14.7. The molecule has 0 amide bonds. The van der Waals surface area contributed by atoms with Crippen LogP contribution < -0.4 is 0 Å². The highest BCUT2D eigenvalue weighted by atomic mass is 32.2. The van der Waals surface area contributed by atoms with Gasteiger partial charge in [-0.2, -0.15) is 0 Å². The minimum atomic E-state index is -3.30. The predicted molar refractivity (Wildman–Crippen MR) is 80.7 cm³/mol. The second-order valence-electron chi connectivity index (χ2n) is 5.84. The molecule has 0 bridgehead atoms. The summed E-state index contributed by atoms with van der Waals surface area (Å²) in [7, 11) is -3.30. The maximum Gasteiger partial charge on any atom is 0.218 e. The molecule has 21 heavy (non-hydrogen) atoms. The summed E-state index contributed by atoms with van der Waals surface area (Å²) in [6.07, 6.45) is 5.44. The average Bonchev–Trinajstić information content (AvgIpc) is 2.40. The Labute approximate surface area is 125 Å². The number of rotatable bonds is 3. The van der Waals surface area contributed by atoms with Crippen molar-refractivity contribution < 1.29 is 12.8 Å². The number of hydrogen-bond acceptors (Lipinski definition) is 2. The van der Waals surface area contributed by atoms with E-state index in [1.807, 2.05) is 0 Å². The molecule has 2 fully saturated rings. The Balaban J connectivity index is 1.64. The standard InChI is InChI=1S/C16H20FNO2S/c17-16-6-4-13(5-7-16)12-21(19,20)18-10-8-15(9-11-18)14-2-1-3-14/h4-7H,1-3,8-12H2. The van der Waals surface area contributed by atoms with Crippen molar-refractivity contribution in [3.05, 3.63) is 46.8 Å². The summed E-state index contributed by atoms with van der Waals surface area (Å²) in [5, 5.41) is 0. The van der Waals surface area contributed by atoms with E-state index in [0.29, 0.717) is 18.7 Å². The van der Waals surface area contributed by atoms with Crippen molar-refractivity contribution in [3.63, 3.8) is 0 Å². The van der Waals surface area contributed by atoms with Crippen LogP contribution in [0.25, 0.3) is 0 Å². The summed E-state index contributed by atoms with van der Waals surface area (Å²) in [6, 6.07) is 5.69. The van der Waals surface area contributed by atoms with Crippen LogP contribution >= 0.6 is 0 Å². The van der Waals surface area contributed by atoms with Gasteiger partial charge in [-0.15, -0.1) is 0 Å². The summed E-state index contributed by atoms with van der Waals surface area (Å²) in [5.74, 6) is -0.384. The minimum Gasteiger partial charge on any atom is -0.212 e. The summed E-state index contributed by atoms with van der Waals surface area (Å²) < 4.78 is 39.3. The smallest absolute Gasteiger partial charge is 0.212 e. The second-order valence-corrected chi connectivity index (χ2v) is 7.81. The van der Waals surface area contributed by atoms with Gasteiger partial charge in [-0.05, 0) is 49.8 Å². The molecule has 1 aromatic rings. The van der Waals surface area contributed by atoms with Gasteiger partial charge >= 0.3 is 0 Å². The van der Waals surface area contributed by atoms with Crippen molar-refractivity contribution in [2.24, 2.45) is 0 Å². The zero-order valence-corrected chi connectivity index (χ0v) is 12.8. The molecule has 0 unspecified atom stereocenters. The SMILES string of the molecule is O=S(=O)(Cc1ccc(F)cc1)N1CCC(=C2CCC2)CC1. The number of sulfonamides is 1. The number of piperidine rings is 1. The van der Waals surface area contributed by atoms with Crippen molar-refractivity contribution in [3.8, 4) is 0 Å². The lowest BCUT2D eigenvalue weighted by Gasteiger charge is -2.31. The quantitative estimate of drug-likeness (QED) is 0.804. The zero-order chi connectivity index (χ0) is 14.9. The molecule has 0 spiro atoms. The van der Waals surface area contributed by atoms with Gasteiger partial charge in [0.25, 0.3) is 0 Å². The number of halogens is 1. The van der Waals surface area contributed by atoms with Crippen molar-refractivity contribution in [1.82, 2.24) is 4.31 Å². The topological polar surface area (TPSA) is 37.4 Å². The molecule has 114 valence electrons. The van der Waals surface area contributed by atoms with E-state index in [-0.39, 0.29) is 11.6 Å². The van der Waals surface area contributed by atoms with E-state index < -0.39 is 10.0 Å². The largest absolute Gasteiger partial charge is 0.218 e. The molecule has 1 aromatic carbocycles.